The number of likely N-dealkylation sites (tertiary alicyclic amines) is 1. The molecular weight excluding hydrogens is 463 g/mol. The standard InChI is InChI=1S/C24H27FN2O6S/c1-32-24(29)21-15-18(33-22-8-4-3-7-20(22)25)16-27(21)23(28)17-9-11-19(12-10-17)34(30,31)26-13-5-2-6-14-26/h3-4,7-12,18,21H,2,5-6,13-16H2,1H3. The zero-order chi connectivity index (χ0) is 24.3. The number of piperidine rings is 1. The lowest BCUT2D eigenvalue weighted by atomic mass is 10.1. The highest BCUT2D eigenvalue weighted by Crippen LogP contribution is 2.28. The maximum Gasteiger partial charge on any atom is 0.328 e. The number of carbonyl (C=O) groups is 2. The van der Waals surface area contributed by atoms with Crippen molar-refractivity contribution in [3.8, 4) is 5.75 Å². The van der Waals surface area contributed by atoms with E-state index in [1.165, 1.54) is 52.7 Å². The molecule has 182 valence electrons. The largest absolute Gasteiger partial charge is 0.485 e. The van der Waals surface area contributed by atoms with Crippen molar-refractivity contribution in [2.45, 2.75) is 42.7 Å². The summed E-state index contributed by atoms with van der Waals surface area (Å²) in [6.07, 6.45) is 2.21. The van der Waals surface area contributed by atoms with Crippen LogP contribution >= 0.6 is 0 Å². The Hall–Kier alpha value is -2.98. The van der Waals surface area contributed by atoms with Crippen LogP contribution in [0.25, 0.3) is 0 Å². The molecule has 2 unspecified atom stereocenters. The number of benzene rings is 2. The van der Waals surface area contributed by atoms with Gasteiger partial charge in [0.15, 0.2) is 11.6 Å². The second kappa shape index (κ2) is 10.1. The van der Waals surface area contributed by atoms with Crippen LogP contribution in [0.4, 0.5) is 4.39 Å². The first-order valence-electron chi connectivity index (χ1n) is 11.2. The van der Waals surface area contributed by atoms with Gasteiger partial charge >= 0.3 is 5.97 Å². The Morgan fingerprint density at radius 3 is 2.32 bits per heavy atom. The third kappa shape index (κ3) is 4.92. The molecule has 2 aliphatic rings. The highest BCUT2D eigenvalue weighted by Gasteiger charge is 2.42. The number of esters is 1. The highest BCUT2D eigenvalue weighted by atomic mass is 32.2. The van der Waals surface area contributed by atoms with E-state index in [0.29, 0.717) is 13.1 Å². The molecule has 8 nitrogen and oxygen atoms in total. The summed E-state index contributed by atoms with van der Waals surface area (Å²) < 4.78 is 51.8. The Labute approximate surface area is 198 Å². The number of ether oxygens (including phenoxy) is 2. The van der Waals surface area contributed by atoms with Gasteiger partial charge in [-0.2, -0.15) is 4.31 Å². The van der Waals surface area contributed by atoms with Crippen molar-refractivity contribution >= 4 is 21.9 Å². The molecule has 2 atom stereocenters. The summed E-state index contributed by atoms with van der Waals surface area (Å²) in [4.78, 5) is 27.0. The van der Waals surface area contributed by atoms with E-state index < -0.39 is 39.9 Å². The lowest BCUT2D eigenvalue weighted by Gasteiger charge is -2.26. The van der Waals surface area contributed by atoms with Gasteiger partial charge in [0.2, 0.25) is 10.0 Å². The molecule has 0 saturated carbocycles. The van der Waals surface area contributed by atoms with E-state index >= 15 is 0 Å². The van der Waals surface area contributed by atoms with E-state index in [-0.39, 0.29) is 29.2 Å². The van der Waals surface area contributed by atoms with Crippen molar-refractivity contribution in [1.29, 1.82) is 0 Å². The maximum atomic E-state index is 14.0. The summed E-state index contributed by atoms with van der Waals surface area (Å²) in [5, 5.41) is 0. The van der Waals surface area contributed by atoms with Gasteiger partial charge in [0, 0.05) is 25.1 Å². The summed E-state index contributed by atoms with van der Waals surface area (Å²) in [6.45, 7) is 1.03. The van der Waals surface area contributed by atoms with E-state index in [1.54, 1.807) is 12.1 Å². The molecule has 34 heavy (non-hydrogen) atoms. The van der Waals surface area contributed by atoms with Crippen LogP contribution in [-0.2, 0) is 19.6 Å². The molecule has 2 aromatic rings. The molecule has 0 bridgehead atoms. The van der Waals surface area contributed by atoms with Gasteiger partial charge in [-0.3, -0.25) is 4.79 Å². The van der Waals surface area contributed by atoms with Crippen LogP contribution in [0.3, 0.4) is 0 Å². The minimum atomic E-state index is -3.62. The number of carbonyl (C=O) groups excluding carboxylic acids is 2. The topological polar surface area (TPSA) is 93.2 Å². The van der Waals surface area contributed by atoms with Gasteiger partial charge in [-0.25, -0.2) is 17.6 Å². The second-order valence-electron chi connectivity index (χ2n) is 8.39. The van der Waals surface area contributed by atoms with Crippen LogP contribution in [-0.4, -0.2) is 68.4 Å². The normalized spacial score (nSPS) is 21.3. The predicted molar refractivity (Wildman–Crippen MR) is 121 cm³/mol. The summed E-state index contributed by atoms with van der Waals surface area (Å²) in [5.74, 6) is -1.56. The zero-order valence-corrected chi connectivity index (χ0v) is 19.7. The minimum absolute atomic E-state index is 0.0395. The van der Waals surface area contributed by atoms with E-state index in [0.717, 1.165) is 19.3 Å². The van der Waals surface area contributed by atoms with Gasteiger partial charge in [0.25, 0.3) is 5.91 Å². The summed E-state index contributed by atoms with van der Waals surface area (Å²) in [7, 11) is -2.39. The van der Waals surface area contributed by atoms with Crippen molar-refractivity contribution in [3.63, 3.8) is 0 Å². The molecule has 0 N–H and O–H groups in total. The molecule has 10 heteroatoms. The molecule has 2 heterocycles. The Kier molecular flexibility index (Phi) is 7.18. The van der Waals surface area contributed by atoms with Crippen LogP contribution in [0.2, 0.25) is 0 Å². The molecule has 2 aromatic carbocycles. The van der Waals surface area contributed by atoms with Gasteiger partial charge in [-0.1, -0.05) is 18.6 Å². The zero-order valence-electron chi connectivity index (χ0n) is 18.9. The average molecular weight is 491 g/mol. The monoisotopic (exact) mass is 490 g/mol. The Balaban J connectivity index is 1.51. The Morgan fingerprint density at radius 1 is 1.00 bits per heavy atom. The number of sulfonamides is 1. The number of nitrogens with zero attached hydrogens (tertiary/aromatic N) is 2. The summed E-state index contributed by atoms with van der Waals surface area (Å²) in [5.41, 5.74) is 0.234. The first-order valence-corrected chi connectivity index (χ1v) is 12.7. The fourth-order valence-corrected chi connectivity index (χ4v) is 5.89. The van der Waals surface area contributed by atoms with E-state index in [1.807, 2.05) is 0 Å². The molecule has 0 spiro atoms. The lowest BCUT2D eigenvalue weighted by molar-refractivity contribution is -0.145. The number of amides is 1. The fourth-order valence-electron chi connectivity index (χ4n) is 4.38. The molecule has 2 aliphatic heterocycles. The van der Waals surface area contributed by atoms with Crippen LogP contribution < -0.4 is 4.74 Å². The van der Waals surface area contributed by atoms with E-state index in [2.05, 4.69) is 0 Å². The van der Waals surface area contributed by atoms with Crippen LogP contribution in [0.15, 0.2) is 53.4 Å². The van der Waals surface area contributed by atoms with Gasteiger partial charge in [-0.05, 0) is 49.2 Å². The molecular formula is C24H27FN2O6S. The van der Waals surface area contributed by atoms with Crippen molar-refractivity contribution in [3.05, 3.63) is 59.9 Å². The van der Waals surface area contributed by atoms with Gasteiger partial charge in [0.05, 0.1) is 18.6 Å². The second-order valence-corrected chi connectivity index (χ2v) is 10.3. The molecule has 1 amide bonds. The minimum Gasteiger partial charge on any atom is -0.485 e. The van der Waals surface area contributed by atoms with Crippen molar-refractivity contribution < 1.29 is 31.9 Å². The number of rotatable bonds is 6. The Bertz CT molecular complexity index is 1150. The molecule has 2 saturated heterocycles. The SMILES string of the molecule is COC(=O)C1CC(Oc2ccccc2F)CN1C(=O)c1ccc(S(=O)(=O)N2CCCCC2)cc1. The summed E-state index contributed by atoms with van der Waals surface area (Å²) >= 11 is 0. The predicted octanol–water partition coefficient (Wildman–Crippen LogP) is 2.84. The van der Waals surface area contributed by atoms with Gasteiger partial charge in [0.1, 0.15) is 12.1 Å². The first kappa shape index (κ1) is 24.2. The third-order valence-corrected chi connectivity index (χ3v) is 8.09. The van der Waals surface area contributed by atoms with E-state index in [4.69, 9.17) is 9.47 Å². The van der Waals surface area contributed by atoms with Crippen LogP contribution in [0, 0.1) is 5.82 Å². The van der Waals surface area contributed by atoms with Crippen LogP contribution in [0.1, 0.15) is 36.0 Å². The first-order chi connectivity index (χ1) is 16.3. The number of halogens is 1. The van der Waals surface area contributed by atoms with Crippen molar-refractivity contribution in [1.82, 2.24) is 9.21 Å². The fraction of sp³-hybridized carbons (Fsp3) is 0.417. The molecule has 2 fully saturated rings. The number of hydrogen-bond acceptors (Lipinski definition) is 6. The van der Waals surface area contributed by atoms with E-state index in [9.17, 15) is 22.4 Å². The highest BCUT2D eigenvalue weighted by molar-refractivity contribution is 7.89. The van der Waals surface area contributed by atoms with Gasteiger partial charge in [-0.15, -0.1) is 0 Å². The third-order valence-electron chi connectivity index (χ3n) is 6.18. The Morgan fingerprint density at radius 2 is 1.68 bits per heavy atom. The summed E-state index contributed by atoms with van der Waals surface area (Å²) in [6, 6.07) is 10.7. The number of methoxy groups -OCH3 is 1. The average Bonchev–Trinajstić information content (AvgIpc) is 3.29. The van der Waals surface area contributed by atoms with Crippen molar-refractivity contribution in [2.75, 3.05) is 26.7 Å². The quantitative estimate of drug-likeness (QED) is 0.578. The number of hydrogen-bond donors (Lipinski definition) is 0. The lowest BCUT2D eigenvalue weighted by Crippen LogP contribution is -2.41. The smallest absolute Gasteiger partial charge is 0.328 e. The molecule has 0 aromatic heterocycles. The van der Waals surface area contributed by atoms with Crippen molar-refractivity contribution in [2.24, 2.45) is 0 Å². The maximum absolute atomic E-state index is 14.0. The van der Waals surface area contributed by atoms with Gasteiger partial charge < -0.3 is 14.4 Å². The molecule has 0 radical (unpaired) electrons. The van der Waals surface area contributed by atoms with Crippen LogP contribution in [0.5, 0.6) is 5.75 Å². The molecule has 4 rings (SSSR count). The number of para-hydroxylation sites is 1. The molecule has 0 aliphatic carbocycles.